The van der Waals surface area contributed by atoms with E-state index in [0.717, 1.165) is 28.5 Å². The maximum atomic E-state index is 13.3. The van der Waals surface area contributed by atoms with Crippen LogP contribution < -0.4 is 10.6 Å². The summed E-state index contributed by atoms with van der Waals surface area (Å²) in [7, 11) is 0. The van der Waals surface area contributed by atoms with Crippen molar-refractivity contribution in [2.24, 2.45) is 0 Å². The van der Waals surface area contributed by atoms with Gasteiger partial charge in [-0.25, -0.2) is 0 Å². The zero-order valence-electron chi connectivity index (χ0n) is 19.5. The highest BCUT2D eigenvalue weighted by atomic mass is 16.2. The Bertz CT molecular complexity index is 1130. The number of rotatable bonds is 8. The van der Waals surface area contributed by atoms with E-state index in [1.165, 1.54) is 6.92 Å². The highest BCUT2D eigenvalue weighted by molar-refractivity contribution is 5.89. The number of amides is 3. The zero-order chi connectivity index (χ0) is 23.9. The molecule has 1 aliphatic heterocycles. The third kappa shape index (κ3) is 6.04. The maximum Gasteiger partial charge on any atom is 0.245 e. The van der Waals surface area contributed by atoms with Gasteiger partial charge < -0.3 is 20.5 Å². The number of aromatic nitrogens is 1. The Morgan fingerprint density at radius 1 is 1.03 bits per heavy atom. The van der Waals surface area contributed by atoms with Crippen LogP contribution in [0.3, 0.4) is 0 Å². The van der Waals surface area contributed by atoms with E-state index in [9.17, 15) is 14.4 Å². The number of fused-ring (bicyclic) bond motifs is 1. The van der Waals surface area contributed by atoms with Crippen molar-refractivity contribution in [3.05, 3.63) is 71.9 Å². The molecule has 0 radical (unpaired) electrons. The molecule has 2 aromatic carbocycles. The van der Waals surface area contributed by atoms with Crippen LogP contribution in [-0.2, 0) is 27.2 Å². The fourth-order valence-corrected chi connectivity index (χ4v) is 4.63. The molecule has 7 heteroatoms. The minimum absolute atomic E-state index is 0.0455. The Hall–Kier alpha value is -3.61. The molecule has 1 saturated heterocycles. The Balaban J connectivity index is 1.30. The topological polar surface area (TPSA) is 94.3 Å². The first kappa shape index (κ1) is 23.5. The van der Waals surface area contributed by atoms with Gasteiger partial charge in [-0.15, -0.1) is 0 Å². The summed E-state index contributed by atoms with van der Waals surface area (Å²) < 4.78 is 0. The number of hydrogen-bond donors (Lipinski definition) is 3. The molecule has 3 amide bonds. The number of nitrogens with zero attached hydrogens (tertiary/aromatic N) is 1. The van der Waals surface area contributed by atoms with Crippen molar-refractivity contribution >= 4 is 28.6 Å². The van der Waals surface area contributed by atoms with Gasteiger partial charge in [0.1, 0.15) is 6.04 Å². The number of nitrogens with one attached hydrogen (secondary N) is 3. The predicted octanol–water partition coefficient (Wildman–Crippen LogP) is 2.96. The number of piperidine rings is 1. The van der Waals surface area contributed by atoms with Gasteiger partial charge in [0.15, 0.2) is 0 Å². The van der Waals surface area contributed by atoms with Crippen molar-refractivity contribution in [3.8, 4) is 0 Å². The van der Waals surface area contributed by atoms with Gasteiger partial charge in [0.05, 0.1) is 0 Å². The van der Waals surface area contributed by atoms with Crippen LogP contribution in [0.4, 0.5) is 0 Å². The SMILES string of the molecule is CC(=O)NC(Cc1c[nH]c2ccccc12)C(=O)N1CCC(NC(=O)CCc2ccccc2)CC1. The summed E-state index contributed by atoms with van der Waals surface area (Å²) in [6, 6.07) is 17.4. The second-order valence-electron chi connectivity index (χ2n) is 8.97. The van der Waals surface area contributed by atoms with E-state index in [-0.39, 0.29) is 23.8 Å². The quantitative estimate of drug-likeness (QED) is 0.482. The summed E-state index contributed by atoms with van der Waals surface area (Å²) >= 11 is 0. The summed E-state index contributed by atoms with van der Waals surface area (Å²) in [4.78, 5) is 42.5. The van der Waals surface area contributed by atoms with Crippen molar-refractivity contribution < 1.29 is 14.4 Å². The van der Waals surface area contributed by atoms with Crippen molar-refractivity contribution in [3.63, 3.8) is 0 Å². The van der Waals surface area contributed by atoms with Crippen LogP contribution in [0.5, 0.6) is 0 Å². The molecule has 34 heavy (non-hydrogen) atoms. The van der Waals surface area contributed by atoms with Gasteiger partial charge in [0, 0.05) is 56.0 Å². The van der Waals surface area contributed by atoms with Gasteiger partial charge in [-0.3, -0.25) is 14.4 Å². The van der Waals surface area contributed by atoms with Gasteiger partial charge in [0.2, 0.25) is 17.7 Å². The number of likely N-dealkylation sites (tertiary alicyclic amines) is 1. The summed E-state index contributed by atoms with van der Waals surface area (Å²) in [6.45, 7) is 2.56. The van der Waals surface area contributed by atoms with Crippen molar-refractivity contribution in [2.45, 2.75) is 51.1 Å². The zero-order valence-corrected chi connectivity index (χ0v) is 19.5. The number of carbonyl (C=O) groups excluding carboxylic acids is 3. The average Bonchev–Trinajstić information content (AvgIpc) is 3.25. The van der Waals surface area contributed by atoms with Crippen LogP contribution in [0.2, 0.25) is 0 Å². The third-order valence-electron chi connectivity index (χ3n) is 6.43. The summed E-state index contributed by atoms with van der Waals surface area (Å²) in [5, 5.41) is 7.02. The normalized spacial score (nSPS) is 15.1. The van der Waals surface area contributed by atoms with Crippen LogP contribution in [0.1, 0.15) is 37.3 Å². The molecular formula is C27H32N4O3. The lowest BCUT2D eigenvalue weighted by Crippen LogP contribution is -2.53. The van der Waals surface area contributed by atoms with Crippen LogP contribution in [0.25, 0.3) is 10.9 Å². The van der Waals surface area contributed by atoms with Gasteiger partial charge >= 0.3 is 0 Å². The van der Waals surface area contributed by atoms with E-state index < -0.39 is 6.04 Å². The first-order valence-electron chi connectivity index (χ1n) is 11.9. The number of benzene rings is 2. The fourth-order valence-electron chi connectivity index (χ4n) is 4.63. The van der Waals surface area contributed by atoms with Gasteiger partial charge in [-0.05, 0) is 36.5 Å². The van der Waals surface area contributed by atoms with Crippen LogP contribution in [0.15, 0.2) is 60.8 Å². The van der Waals surface area contributed by atoms with E-state index in [1.54, 1.807) is 0 Å². The van der Waals surface area contributed by atoms with E-state index in [4.69, 9.17) is 0 Å². The molecular weight excluding hydrogens is 428 g/mol. The molecule has 1 aromatic heterocycles. The molecule has 3 N–H and O–H groups in total. The standard InChI is InChI=1S/C27H32N4O3/c1-19(32)29-25(17-21-18-28-24-10-6-5-9-23(21)24)27(34)31-15-13-22(14-16-31)30-26(33)12-11-20-7-3-2-4-8-20/h2-10,18,22,25,28H,11-17H2,1H3,(H,29,32)(H,30,33). The molecule has 0 bridgehead atoms. The van der Waals surface area contributed by atoms with E-state index in [1.807, 2.05) is 65.7 Å². The Morgan fingerprint density at radius 2 is 1.74 bits per heavy atom. The lowest BCUT2D eigenvalue weighted by molar-refractivity contribution is -0.137. The molecule has 1 unspecified atom stereocenters. The average molecular weight is 461 g/mol. The van der Waals surface area contributed by atoms with E-state index >= 15 is 0 Å². The van der Waals surface area contributed by atoms with Gasteiger partial charge in [0.25, 0.3) is 0 Å². The molecule has 1 fully saturated rings. The minimum atomic E-state index is -0.617. The molecule has 3 aromatic rings. The molecule has 0 aliphatic carbocycles. The summed E-state index contributed by atoms with van der Waals surface area (Å²) in [5.41, 5.74) is 3.16. The highest BCUT2D eigenvalue weighted by Gasteiger charge is 2.30. The molecule has 7 nitrogen and oxygen atoms in total. The first-order chi connectivity index (χ1) is 16.5. The molecule has 0 spiro atoms. The lowest BCUT2D eigenvalue weighted by atomic mass is 10.0. The lowest BCUT2D eigenvalue weighted by Gasteiger charge is -2.34. The monoisotopic (exact) mass is 460 g/mol. The minimum Gasteiger partial charge on any atom is -0.361 e. The molecule has 4 rings (SSSR count). The van der Waals surface area contributed by atoms with Crippen molar-refractivity contribution in [1.29, 1.82) is 0 Å². The summed E-state index contributed by atoms with van der Waals surface area (Å²) in [6.07, 6.45) is 4.93. The number of carbonyl (C=O) groups is 3. The maximum absolute atomic E-state index is 13.3. The molecule has 2 heterocycles. The molecule has 1 atom stereocenters. The Kier molecular flexibility index (Phi) is 7.62. The van der Waals surface area contributed by atoms with Crippen molar-refractivity contribution in [1.82, 2.24) is 20.5 Å². The van der Waals surface area contributed by atoms with Crippen LogP contribution in [0, 0.1) is 0 Å². The number of aryl methyl sites for hydroxylation is 1. The second kappa shape index (κ2) is 11.0. The molecule has 1 aliphatic rings. The first-order valence-corrected chi connectivity index (χ1v) is 11.9. The molecule has 0 saturated carbocycles. The Morgan fingerprint density at radius 3 is 2.47 bits per heavy atom. The Labute approximate surface area is 199 Å². The van der Waals surface area contributed by atoms with Gasteiger partial charge in [-0.2, -0.15) is 0 Å². The number of para-hydroxylation sites is 1. The number of hydrogen-bond acceptors (Lipinski definition) is 3. The number of aromatic amines is 1. The predicted molar refractivity (Wildman–Crippen MR) is 132 cm³/mol. The smallest absolute Gasteiger partial charge is 0.245 e. The third-order valence-corrected chi connectivity index (χ3v) is 6.43. The number of H-pyrrole nitrogens is 1. The van der Waals surface area contributed by atoms with E-state index in [2.05, 4.69) is 15.6 Å². The fraction of sp³-hybridized carbons (Fsp3) is 0.370. The second-order valence-corrected chi connectivity index (χ2v) is 8.97. The van der Waals surface area contributed by atoms with Crippen LogP contribution in [-0.4, -0.2) is 52.8 Å². The van der Waals surface area contributed by atoms with Gasteiger partial charge in [-0.1, -0.05) is 48.5 Å². The summed E-state index contributed by atoms with van der Waals surface area (Å²) in [5.74, 6) is -0.253. The largest absolute Gasteiger partial charge is 0.361 e. The highest BCUT2D eigenvalue weighted by Crippen LogP contribution is 2.20. The van der Waals surface area contributed by atoms with E-state index in [0.29, 0.717) is 38.8 Å². The van der Waals surface area contributed by atoms with Crippen molar-refractivity contribution in [2.75, 3.05) is 13.1 Å². The van der Waals surface area contributed by atoms with Crippen LogP contribution >= 0.6 is 0 Å². The molecule has 178 valence electrons.